The number of nitrogens with zero attached hydrogens (tertiary/aromatic N) is 1. The van der Waals surface area contributed by atoms with Gasteiger partial charge in [-0.05, 0) is 42.7 Å². The summed E-state index contributed by atoms with van der Waals surface area (Å²) in [5.74, 6) is 0.993. The van der Waals surface area contributed by atoms with Crippen LogP contribution in [0.15, 0.2) is 48.5 Å². The first-order chi connectivity index (χ1) is 13.7. The Morgan fingerprint density at radius 2 is 1.68 bits per heavy atom. The Hall–Kier alpha value is -2.49. The van der Waals surface area contributed by atoms with Crippen LogP contribution >= 0.6 is 0 Å². The normalized spacial score (nSPS) is 15.9. The van der Waals surface area contributed by atoms with Gasteiger partial charge >= 0.3 is 0 Å². The molecule has 0 spiro atoms. The lowest BCUT2D eigenvalue weighted by atomic mass is 10.0. The molecule has 0 saturated carbocycles. The van der Waals surface area contributed by atoms with Crippen molar-refractivity contribution in [1.29, 1.82) is 0 Å². The van der Waals surface area contributed by atoms with Crippen molar-refractivity contribution < 1.29 is 9.53 Å². The van der Waals surface area contributed by atoms with Crippen LogP contribution in [0.1, 0.15) is 74.5 Å². The van der Waals surface area contributed by atoms with Crippen LogP contribution in [-0.4, -0.2) is 24.0 Å². The lowest BCUT2D eigenvalue weighted by molar-refractivity contribution is 0.0680. The summed E-state index contributed by atoms with van der Waals surface area (Å²) in [5.41, 5.74) is 2.74. The maximum atomic E-state index is 13.1. The molecule has 1 amide bonds. The van der Waals surface area contributed by atoms with Crippen LogP contribution in [0.5, 0.6) is 5.75 Å². The van der Waals surface area contributed by atoms with E-state index in [9.17, 15) is 4.79 Å². The summed E-state index contributed by atoms with van der Waals surface area (Å²) in [6.07, 6.45) is 6.71. The highest BCUT2D eigenvalue weighted by molar-refractivity contribution is 6.01. The molecule has 3 rings (SSSR count). The van der Waals surface area contributed by atoms with Gasteiger partial charge in [-0.1, -0.05) is 63.8 Å². The summed E-state index contributed by atoms with van der Waals surface area (Å²) in [4.78, 5) is 15.0. The molecule has 1 aliphatic heterocycles. The molecule has 0 radical (unpaired) electrons. The van der Waals surface area contributed by atoms with E-state index in [2.05, 4.69) is 31.3 Å². The number of ether oxygens (including phenoxy) is 1. The number of carbonyl (C=O) groups excluding carboxylic acids is 1. The molecule has 2 aromatic carbocycles. The van der Waals surface area contributed by atoms with Gasteiger partial charge < -0.3 is 15.0 Å². The van der Waals surface area contributed by atoms with Gasteiger partial charge in [-0.3, -0.25) is 4.79 Å². The van der Waals surface area contributed by atoms with Crippen molar-refractivity contribution in [3.8, 4) is 5.75 Å². The molecule has 1 unspecified atom stereocenters. The van der Waals surface area contributed by atoms with Gasteiger partial charge in [0.15, 0.2) is 0 Å². The van der Waals surface area contributed by atoms with Gasteiger partial charge in [0.05, 0.1) is 12.2 Å². The van der Waals surface area contributed by atoms with Crippen LogP contribution < -0.4 is 10.1 Å². The van der Waals surface area contributed by atoms with Crippen molar-refractivity contribution in [3.05, 3.63) is 59.7 Å². The minimum Gasteiger partial charge on any atom is -0.494 e. The second kappa shape index (κ2) is 10.2. The quantitative estimate of drug-likeness (QED) is 0.513. The van der Waals surface area contributed by atoms with E-state index < -0.39 is 0 Å². The van der Waals surface area contributed by atoms with Crippen LogP contribution in [0.25, 0.3) is 0 Å². The SMILES string of the molecule is CCCCCCOc1ccc(C2Nc3ccccc3C(=O)N2CCCC)cc1. The third-order valence-electron chi connectivity index (χ3n) is 5.24. The molecule has 150 valence electrons. The van der Waals surface area contributed by atoms with Crippen LogP contribution in [0.3, 0.4) is 0 Å². The highest BCUT2D eigenvalue weighted by Gasteiger charge is 2.32. The van der Waals surface area contributed by atoms with E-state index in [1.54, 1.807) is 0 Å². The number of amides is 1. The molecule has 1 aliphatic rings. The van der Waals surface area contributed by atoms with Gasteiger partial charge in [-0.2, -0.15) is 0 Å². The summed E-state index contributed by atoms with van der Waals surface area (Å²) in [6.45, 7) is 5.87. The number of benzene rings is 2. The second-order valence-corrected chi connectivity index (χ2v) is 7.42. The number of nitrogens with one attached hydrogen (secondary N) is 1. The number of para-hydroxylation sites is 1. The lowest BCUT2D eigenvalue weighted by Crippen LogP contribution is -2.43. The summed E-state index contributed by atoms with van der Waals surface area (Å²) in [6, 6.07) is 15.9. The zero-order valence-electron chi connectivity index (χ0n) is 17.1. The van der Waals surface area contributed by atoms with Crippen molar-refractivity contribution in [2.24, 2.45) is 0 Å². The minimum absolute atomic E-state index is 0.101. The van der Waals surface area contributed by atoms with E-state index in [0.717, 1.165) is 55.0 Å². The van der Waals surface area contributed by atoms with Crippen LogP contribution in [0, 0.1) is 0 Å². The van der Waals surface area contributed by atoms with E-state index in [0.29, 0.717) is 0 Å². The summed E-state index contributed by atoms with van der Waals surface area (Å²) in [5, 5.41) is 3.55. The highest BCUT2D eigenvalue weighted by Crippen LogP contribution is 2.33. The van der Waals surface area contributed by atoms with Crippen molar-refractivity contribution >= 4 is 11.6 Å². The van der Waals surface area contributed by atoms with E-state index in [4.69, 9.17) is 4.74 Å². The fraction of sp³-hybridized carbons (Fsp3) is 0.458. The molecule has 0 aliphatic carbocycles. The largest absolute Gasteiger partial charge is 0.494 e. The molecule has 4 nitrogen and oxygen atoms in total. The predicted octanol–water partition coefficient (Wildman–Crippen LogP) is 6.01. The number of hydrogen-bond donors (Lipinski definition) is 1. The van der Waals surface area contributed by atoms with Gasteiger partial charge in [0.25, 0.3) is 5.91 Å². The number of fused-ring (bicyclic) bond motifs is 1. The molecule has 1 atom stereocenters. The maximum Gasteiger partial charge on any atom is 0.257 e. The molecule has 0 aromatic heterocycles. The van der Waals surface area contributed by atoms with Gasteiger partial charge in [-0.25, -0.2) is 0 Å². The zero-order chi connectivity index (χ0) is 19.8. The summed E-state index contributed by atoms with van der Waals surface area (Å²) in [7, 11) is 0. The Morgan fingerprint density at radius 3 is 2.43 bits per heavy atom. The number of rotatable bonds is 10. The van der Waals surface area contributed by atoms with Crippen LogP contribution in [0.4, 0.5) is 5.69 Å². The smallest absolute Gasteiger partial charge is 0.257 e. The van der Waals surface area contributed by atoms with Crippen LogP contribution in [-0.2, 0) is 0 Å². The van der Waals surface area contributed by atoms with Gasteiger partial charge in [0.2, 0.25) is 0 Å². The molecule has 4 heteroatoms. The lowest BCUT2D eigenvalue weighted by Gasteiger charge is -2.38. The Balaban J connectivity index is 1.72. The number of carbonyl (C=O) groups is 1. The fourth-order valence-electron chi connectivity index (χ4n) is 3.58. The molecule has 0 bridgehead atoms. The first-order valence-corrected chi connectivity index (χ1v) is 10.6. The molecular formula is C24H32N2O2. The van der Waals surface area contributed by atoms with Crippen LogP contribution in [0.2, 0.25) is 0 Å². The Bertz CT molecular complexity index is 757. The van der Waals surface area contributed by atoms with E-state index in [-0.39, 0.29) is 12.1 Å². The van der Waals surface area contributed by atoms with E-state index in [1.165, 1.54) is 19.3 Å². The Labute approximate surface area is 168 Å². The topological polar surface area (TPSA) is 41.6 Å². The average Bonchev–Trinajstić information content (AvgIpc) is 2.73. The Morgan fingerprint density at radius 1 is 0.929 bits per heavy atom. The molecular weight excluding hydrogens is 348 g/mol. The molecule has 28 heavy (non-hydrogen) atoms. The minimum atomic E-state index is -0.146. The predicted molar refractivity (Wildman–Crippen MR) is 115 cm³/mol. The number of anilines is 1. The molecule has 0 fully saturated rings. The first-order valence-electron chi connectivity index (χ1n) is 10.6. The number of unbranched alkanes of at least 4 members (excludes halogenated alkanes) is 4. The maximum absolute atomic E-state index is 13.1. The monoisotopic (exact) mass is 380 g/mol. The van der Waals surface area contributed by atoms with Gasteiger partial charge in [0, 0.05) is 12.2 Å². The van der Waals surface area contributed by atoms with E-state index in [1.807, 2.05) is 41.3 Å². The van der Waals surface area contributed by atoms with Crippen molar-refractivity contribution in [2.45, 2.75) is 58.5 Å². The molecule has 1 N–H and O–H groups in total. The molecule has 1 heterocycles. The number of hydrogen-bond acceptors (Lipinski definition) is 3. The Kier molecular flexibility index (Phi) is 7.35. The van der Waals surface area contributed by atoms with Gasteiger partial charge in [0.1, 0.15) is 11.9 Å². The third kappa shape index (κ3) is 4.86. The zero-order valence-corrected chi connectivity index (χ0v) is 17.1. The summed E-state index contributed by atoms with van der Waals surface area (Å²) >= 11 is 0. The van der Waals surface area contributed by atoms with Crippen molar-refractivity contribution in [2.75, 3.05) is 18.5 Å². The van der Waals surface area contributed by atoms with E-state index >= 15 is 0 Å². The highest BCUT2D eigenvalue weighted by atomic mass is 16.5. The molecule has 0 saturated heterocycles. The first kappa shape index (κ1) is 20.2. The fourth-order valence-corrected chi connectivity index (χ4v) is 3.58. The van der Waals surface area contributed by atoms with Crippen molar-refractivity contribution in [1.82, 2.24) is 4.90 Å². The standard InChI is InChI=1S/C24H32N2O2/c1-3-5-7-10-18-28-20-15-13-19(14-16-20)23-25-22-12-9-8-11-21(22)24(27)26(23)17-6-4-2/h8-9,11-16,23,25H,3-7,10,17-18H2,1-2H3. The van der Waals surface area contributed by atoms with Crippen molar-refractivity contribution in [3.63, 3.8) is 0 Å². The van der Waals surface area contributed by atoms with Gasteiger partial charge in [-0.15, -0.1) is 0 Å². The average molecular weight is 381 g/mol. The molecule has 2 aromatic rings. The second-order valence-electron chi connectivity index (χ2n) is 7.42. The summed E-state index contributed by atoms with van der Waals surface area (Å²) < 4.78 is 5.86. The third-order valence-corrected chi connectivity index (χ3v) is 5.24.